The largest absolute Gasteiger partial charge is 0.482 e. The van der Waals surface area contributed by atoms with Gasteiger partial charge in [-0.15, -0.1) is 0 Å². The minimum atomic E-state index is -1.06. The van der Waals surface area contributed by atoms with Crippen molar-refractivity contribution in [3.05, 3.63) is 51.1 Å². The molecule has 0 aromatic heterocycles. The van der Waals surface area contributed by atoms with E-state index in [-0.39, 0.29) is 44.5 Å². The Morgan fingerprint density at radius 1 is 1.31 bits per heavy atom. The molecule has 0 saturated heterocycles. The van der Waals surface area contributed by atoms with Gasteiger partial charge in [0.05, 0.1) is 22.8 Å². The quantitative estimate of drug-likeness (QED) is 0.298. The minimum absolute atomic E-state index is 0.107. The maximum Gasteiger partial charge on any atom is 0.247 e. The molecule has 0 fully saturated rings. The summed E-state index contributed by atoms with van der Waals surface area (Å²) in [7, 11) is 1.54. The van der Waals surface area contributed by atoms with Crippen LogP contribution in [0.4, 0.5) is 0 Å². The second kappa shape index (κ2) is 12.9. The summed E-state index contributed by atoms with van der Waals surface area (Å²) in [5, 5.41) is 22.9. The third-order valence-corrected chi connectivity index (χ3v) is 5.84. The number of ether oxygens (including phenoxy) is 2. The summed E-state index contributed by atoms with van der Waals surface area (Å²) in [5.74, 6) is -0.0620. The molecule has 3 N–H and O–H groups in total. The van der Waals surface area contributed by atoms with Gasteiger partial charge in [-0.3, -0.25) is 9.59 Å². The van der Waals surface area contributed by atoms with Crippen molar-refractivity contribution in [1.82, 2.24) is 10.2 Å². The summed E-state index contributed by atoms with van der Waals surface area (Å²) in [5.41, 5.74) is 1.21. The number of para-hydroxylation sites is 1. The van der Waals surface area contributed by atoms with Gasteiger partial charge < -0.3 is 29.9 Å². The van der Waals surface area contributed by atoms with Crippen molar-refractivity contribution in [2.75, 3.05) is 33.4 Å². The monoisotopic (exact) mass is 558 g/mol. The van der Waals surface area contributed by atoms with E-state index in [1.807, 2.05) is 32.0 Å². The Kier molecular flexibility index (Phi) is 10.6. The summed E-state index contributed by atoms with van der Waals surface area (Å²) in [6, 6.07) is 6.67. The number of amides is 2. The summed E-state index contributed by atoms with van der Waals surface area (Å²) in [6.07, 6.45) is 1.34. The zero-order chi connectivity index (χ0) is 23.7. The highest BCUT2D eigenvalue weighted by Gasteiger charge is 2.40. The molecule has 2 rings (SSSR count). The molecule has 1 aliphatic carbocycles. The number of benzene rings is 1. The van der Waals surface area contributed by atoms with Crippen LogP contribution in [0.15, 0.2) is 47.6 Å². The normalized spacial score (nSPS) is 20.2. The Morgan fingerprint density at radius 2 is 2.03 bits per heavy atom. The van der Waals surface area contributed by atoms with Gasteiger partial charge in [-0.1, -0.05) is 17.7 Å². The van der Waals surface area contributed by atoms with Crippen LogP contribution in [-0.4, -0.2) is 78.6 Å². The molecule has 1 aromatic rings. The number of nitrogens with zero attached hydrogens (tertiary/aromatic N) is 1. The fraction of sp³-hybridized carbons (Fsp3) is 0.478. The molecule has 0 unspecified atom stereocenters. The Hall–Kier alpha value is -1.95. The van der Waals surface area contributed by atoms with Crippen LogP contribution >= 0.6 is 22.6 Å². The summed E-state index contributed by atoms with van der Waals surface area (Å²) >= 11 is 2.14. The lowest BCUT2D eigenvalue weighted by Gasteiger charge is -2.40. The molecule has 0 radical (unpaired) electrons. The first-order chi connectivity index (χ1) is 15.3. The van der Waals surface area contributed by atoms with Crippen LogP contribution in [0.25, 0.3) is 0 Å². The zero-order valence-electron chi connectivity index (χ0n) is 18.6. The van der Waals surface area contributed by atoms with E-state index in [2.05, 4.69) is 27.9 Å². The van der Waals surface area contributed by atoms with E-state index in [1.165, 1.54) is 18.1 Å². The number of aliphatic hydroxyl groups excluding tert-OH is 2. The molecule has 0 saturated carbocycles. The SMILES string of the molecule is COCCN(C(=O)C=C(C)C)[C@@H]1CC(C(=O)NCCO)=C[C@H](Oc2ccccc2I)[C@H]1O. The third kappa shape index (κ3) is 7.29. The van der Waals surface area contributed by atoms with Crippen molar-refractivity contribution in [2.45, 2.75) is 38.5 Å². The number of carbonyl (C=O) groups excluding carboxylic acids is 2. The fourth-order valence-corrected chi connectivity index (χ4v) is 3.94. The number of methoxy groups -OCH3 is 1. The van der Waals surface area contributed by atoms with E-state index < -0.39 is 18.2 Å². The van der Waals surface area contributed by atoms with Gasteiger partial charge in [-0.25, -0.2) is 0 Å². The molecule has 176 valence electrons. The van der Waals surface area contributed by atoms with Gasteiger partial charge in [0, 0.05) is 38.3 Å². The zero-order valence-corrected chi connectivity index (χ0v) is 20.7. The van der Waals surface area contributed by atoms with E-state index in [9.17, 15) is 14.7 Å². The molecule has 3 atom stereocenters. The Balaban J connectivity index is 2.41. The third-order valence-electron chi connectivity index (χ3n) is 4.95. The summed E-state index contributed by atoms with van der Waals surface area (Å²) < 4.78 is 12.1. The van der Waals surface area contributed by atoms with Gasteiger partial charge in [0.25, 0.3) is 0 Å². The molecule has 0 aliphatic heterocycles. The maximum atomic E-state index is 13.0. The van der Waals surface area contributed by atoms with Gasteiger partial charge in [0.1, 0.15) is 18.0 Å². The lowest BCUT2D eigenvalue weighted by atomic mass is 9.88. The molecule has 9 heteroatoms. The molecular weight excluding hydrogens is 527 g/mol. The highest BCUT2D eigenvalue weighted by atomic mass is 127. The predicted octanol–water partition coefficient (Wildman–Crippen LogP) is 1.65. The van der Waals surface area contributed by atoms with Crippen molar-refractivity contribution >= 4 is 34.4 Å². The Labute approximate surface area is 202 Å². The number of aliphatic hydroxyl groups is 2. The second-order valence-corrected chi connectivity index (χ2v) is 8.85. The lowest BCUT2D eigenvalue weighted by Crippen LogP contribution is -2.55. The molecule has 1 aliphatic rings. The van der Waals surface area contributed by atoms with Crippen LogP contribution in [0.5, 0.6) is 5.75 Å². The van der Waals surface area contributed by atoms with Crippen molar-refractivity contribution < 1.29 is 29.3 Å². The molecule has 1 aromatic carbocycles. The number of hydrogen-bond acceptors (Lipinski definition) is 6. The van der Waals surface area contributed by atoms with Crippen molar-refractivity contribution in [1.29, 1.82) is 0 Å². The van der Waals surface area contributed by atoms with Gasteiger partial charge in [0.2, 0.25) is 11.8 Å². The number of halogens is 1. The van der Waals surface area contributed by atoms with Gasteiger partial charge in [0.15, 0.2) is 0 Å². The van der Waals surface area contributed by atoms with E-state index in [0.29, 0.717) is 11.3 Å². The molecule has 2 amide bonds. The van der Waals surface area contributed by atoms with E-state index in [4.69, 9.17) is 14.6 Å². The highest BCUT2D eigenvalue weighted by molar-refractivity contribution is 14.1. The second-order valence-electron chi connectivity index (χ2n) is 7.69. The molecular formula is C23H31IN2O6. The molecule has 0 bridgehead atoms. The van der Waals surface area contributed by atoms with Gasteiger partial charge >= 0.3 is 0 Å². The van der Waals surface area contributed by atoms with Crippen LogP contribution in [0.2, 0.25) is 0 Å². The highest BCUT2D eigenvalue weighted by Crippen LogP contribution is 2.29. The van der Waals surface area contributed by atoms with E-state index in [1.54, 1.807) is 12.1 Å². The van der Waals surface area contributed by atoms with Crippen LogP contribution in [0.1, 0.15) is 20.3 Å². The van der Waals surface area contributed by atoms with Crippen LogP contribution < -0.4 is 10.1 Å². The average molecular weight is 558 g/mol. The fourth-order valence-electron chi connectivity index (χ4n) is 3.43. The standard InChI is InChI=1S/C23H31IN2O6/c1-15(2)12-21(28)26(9-11-31-3)18-13-16(23(30)25-8-10-27)14-20(22(18)29)32-19-7-5-4-6-17(19)24/h4-7,12,14,18,20,22,27,29H,8-11,13H2,1-3H3,(H,25,30)/t18-,20+,22+/m1/s1. The molecule has 8 nitrogen and oxygen atoms in total. The maximum absolute atomic E-state index is 13.0. The van der Waals surface area contributed by atoms with Crippen LogP contribution in [-0.2, 0) is 14.3 Å². The average Bonchev–Trinajstić information content (AvgIpc) is 2.75. The van der Waals surface area contributed by atoms with Crippen LogP contribution in [0, 0.1) is 3.57 Å². The van der Waals surface area contributed by atoms with Gasteiger partial charge in [-0.2, -0.15) is 0 Å². The first-order valence-electron chi connectivity index (χ1n) is 10.4. The number of nitrogens with one attached hydrogen (secondary N) is 1. The number of rotatable bonds is 10. The van der Waals surface area contributed by atoms with Crippen molar-refractivity contribution in [3.8, 4) is 5.75 Å². The number of allylic oxidation sites excluding steroid dienone is 1. The Morgan fingerprint density at radius 3 is 2.66 bits per heavy atom. The number of hydrogen-bond donors (Lipinski definition) is 3. The first-order valence-corrected chi connectivity index (χ1v) is 11.5. The number of carbonyl (C=O) groups is 2. The summed E-state index contributed by atoms with van der Waals surface area (Å²) in [4.78, 5) is 27.2. The van der Waals surface area contributed by atoms with Crippen molar-refractivity contribution in [3.63, 3.8) is 0 Å². The van der Waals surface area contributed by atoms with E-state index >= 15 is 0 Å². The van der Waals surface area contributed by atoms with Crippen molar-refractivity contribution in [2.24, 2.45) is 0 Å². The summed E-state index contributed by atoms with van der Waals surface area (Å²) in [6.45, 7) is 4.09. The van der Waals surface area contributed by atoms with Crippen LogP contribution in [0.3, 0.4) is 0 Å². The van der Waals surface area contributed by atoms with E-state index in [0.717, 1.165) is 9.14 Å². The first kappa shape index (κ1) is 26.3. The van der Waals surface area contributed by atoms with Gasteiger partial charge in [-0.05, 0) is 54.6 Å². The lowest BCUT2D eigenvalue weighted by molar-refractivity contribution is -0.134. The predicted molar refractivity (Wildman–Crippen MR) is 129 cm³/mol. The molecule has 0 heterocycles. The Bertz CT molecular complexity index is 853. The topological polar surface area (TPSA) is 108 Å². The minimum Gasteiger partial charge on any atom is -0.482 e. The smallest absolute Gasteiger partial charge is 0.247 e. The molecule has 32 heavy (non-hydrogen) atoms. The molecule has 0 spiro atoms.